The largest absolute Gasteiger partial charge is 0.460 e. The van der Waals surface area contributed by atoms with Crippen molar-refractivity contribution in [3.63, 3.8) is 0 Å². The molecular formula is C24H19BrO4. The Bertz CT molecular complexity index is 1250. The number of hydrogen-bond acceptors (Lipinski definition) is 4. The summed E-state index contributed by atoms with van der Waals surface area (Å²) in [5.41, 5.74) is 1.69. The molecule has 1 atom stereocenters. The van der Waals surface area contributed by atoms with Crippen LogP contribution in [0.5, 0.6) is 5.75 Å². The van der Waals surface area contributed by atoms with Crippen LogP contribution in [0, 0.1) is 5.41 Å². The van der Waals surface area contributed by atoms with Crippen LogP contribution in [-0.4, -0.2) is 5.78 Å². The van der Waals surface area contributed by atoms with Gasteiger partial charge in [0, 0.05) is 22.9 Å². The second kappa shape index (κ2) is 6.42. The first-order valence-corrected chi connectivity index (χ1v) is 10.4. The number of Topliss-reactive ketones (excluding diaryl/α,β-unsaturated/α-hetero) is 1. The zero-order valence-corrected chi connectivity index (χ0v) is 17.7. The van der Waals surface area contributed by atoms with E-state index in [1.807, 2.05) is 42.5 Å². The van der Waals surface area contributed by atoms with Gasteiger partial charge < -0.3 is 9.15 Å². The molecule has 0 saturated heterocycles. The molecule has 2 heterocycles. The SMILES string of the molecule is CC1(C)CC(=O)C2=C(C1)Oc1c(c(=O)oc3ccccc13)C2c1ccc(Br)cc1. The lowest BCUT2D eigenvalue weighted by atomic mass is 9.70. The molecule has 5 heteroatoms. The lowest BCUT2D eigenvalue weighted by Crippen LogP contribution is -2.34. The van der Waals surface area contributed by atoms with Gasteiger partial charge in [0.25, 0.3) is 0 Å². The predicted molar refractivity (Wildman–Crippen MR) is 114 cm³/mol. The van der Waals surface area contributed by atoms with Gasteiger partial charge in [0.1, 0.15) is 17.1 Å². The second-order valence-electron chi connectivity index (χ2n) is 8.49. The summed E-state index contributed by atoms with van der Waals surface area (Å²) in [7, 11) is 0. The topological polar surface area (TPSA) is 56.5 Å². The van der Waals surface area contributed by atoms with Crippen LogP contribution in [-0.2, 0) is 4.79 Å². The molecule has 0 spiro atoms. The molecule has 3 aromatic rings. The molecule has 0 fully saturated rings. The van der Waals surface area contributed by atoms with E-state index >= 15 is 0 Å². The molecule has 2 aromatic carbocycles. The van der Waals surface area contributed by atoms with Gasteiger partial charge in [-0.3, -0.25) is 4.79 Å². The van der Waals surface area contributed by atoms with E-state index in [9.17, 15) is 9.59 Å². The molecule has 0 saturated carbocycles. The van der Waals surface area contributed by atoms with Gasteiger partial charge in [0.2, 0.25) is 0 Å². The molecule has 0 amide bonds. The second-order valence-corrected chi connectivity index (χ2v) is 9.41. The Morgan fingerprint density at radius 3 is 2.48 bits per heavy atom. The zero-order valence-electron chi connectivity index (χ0n) is 16.1. The number of para-hydroxylation sites is 1. The number of ether oxygens (including phenoxy) is 1. The maximum absolute atomic E-state index is 13.2. The van der Waals surface area contributed by atoms with Gasteiger partial charge in [-0.15, -0.1) is 0 Å². The van der Waals surface area contributed by atoms with E-state index in [1.165, 1.54) is 0 Å². The molecule has 146 valence electrons. The lowest BCUT2D eigenvalue weighted by Gasteiger charge is -2.38. The lowest BCUT2D eigenvalue weighted by molar-refractivity contribution is -0.118. The number of fused-ring (bicyclic) bond motifs is 3. The maximum Gasteiger partial charge on any atom is 0.344 e. The van der Waals surface area contributed by atoms with Crippen molar-refractivity contribution in [1.29, 1.82) is 0 Å². The fourth-order valence-corrected chi connectivity index (χ4v) is 4.71. The highest BCUT2D eigenvalue weighted by Gasteiger charge is 2.44. The van der Waals surface area contributed by atoms with Crippen LogP contribution in [0.4, 0.5) is 0 Å². The van der Waals surface area contributed by atoms with E-state index in [-0.39, 0.29) is 11.2 Å². The van der Waals surface area contributed by atoms with Crippen molar-refractivity contribution in [3.8, 4) is 5.75 Å². The van der Waals surface area contributed by atoms with Crippen molar-refractivity contribution < 1.29 is 13.9 Å². The average Bonchev–Trinajstić information content (AvgIpc) is 2.66. The smallest absolute Gasteiger partial charge is 0.344 e. The van der Waals surface area contributed by atoms with Crippen LogP contribution in [0.15, 0.2) is 73.5 Å². The van der Waals surface area contributed by atoms with Crippen LogP contribution in [0.25, 0.3) is 11.0 Å². The standard InChI is InChI=1S/C24H19BrO4/c1-24(2)11-16(26)20-18(12-24)28-22-15-5-3-4-6-17(15)29-23(27)21(22)19(20)13-7-9-14(25)10-8-13/h3-10,19H,11-12H2,1-2H3. The fourth-order valence-electron chi connectivity index (χ4n) is 4.44. The van der Waals surface area contributed by atoms with Crippen molar-refractivity contribution in [2.45, 2.75) is 32.6 Å². The van der Waals surface area contributed by atoms with Crippen molar-refractivity contribution in [1.82, 2.24) is 0 Å². The number of rotatable bonds is 1. The van der Waals surface area contributed by atoms with Crippen LogP contribution in [0.2, 0.25) is 0 Å². The summed E-state index contributed by atoms with van der Waals surface area (Å²) in [6.07, 6.45) is 1.07. The Morgan fingerprint density at radius 2 is 1.72 bits per heavy atom. The Balaban J connectivity index is 1.84. The zero-order chi connectivity index (χ0) is 20.3. The number of carbonyl (C=O) groups is 1. The number of halogens is 1. The quantitative estimate of drug-likeness (QED) is 0.444. The van der Waals surface area contributed by atoms with Crippen molar-refractivity contribution in [3.05, 3.63) is 85.9 Å². The third-order valence-electron chi connectivity index (χ3n) is 5.68. The summed E-state index contributed by atoms with van der Waals surface area (Å²) in [6.45, 7) is 4.14. The Hall–Kier alpha value is -2.66. The van der Waals surface area contributed by atoms with Crippen LogP contribution >= 0.6 is 15.9 Å². The van der Waals surface area contributed by atoms with E-state index in [0.717, 1.165) is 15.4 Å². The van der Waals surface area contributed by atoms with Gasteiger partial charge in [0.15, 0.2) is 5.78 Å². The Kier molecular flexibility index (Phi) is 4.07. The Labute approximate surface area is 176 Å². The summed E-state index contributed by atoms with van der Waals surface area (Å²) in [5, 5.41) is 0.742. The van der Waals surface area contributed by atoms with Crippen LogP contribution < -0.4 is 10.4 Å². The van der Waals surface area contributed by atoms with Gasteiger partial charge in [-0.05, 0) is 35.2 Å². The van der Waals surface area contributed by atoms with Gasteiger partial charge in [-0.2, -0.15) is 0 Å². The van der Waals surface area contributed by atoms with Crippen molar-refractivity contribution in [2.75, 3.05) is 0 Å². The number of ketones is 1. The molecule has 29 heavy (non-hydrogen) atoms. The van der Waals surface area contributed by atoms with Crippen LogP contribution in [0.3, 0.4) is 0 Å². The van der Waals surface area contributed by atoms with Gasteiger partial charge in [0.05, 0.1) is 16.9 Å². The van der Waals surface area contributed by atoms with Crippen molar-refractivity contribution >= 4 is 32.7 Å². The Morgan fingerprint density at radius 1 is 1.00 bits per heavy atom. The molecule has 1 aliphatic carbocycles. The molecule has 2 aliphatic rings. The summed E-state index contributed by atoms with van der Waals surface area (Å²) in [6, 6.07) is 15.1. The molecule has 0 bridgehead atoms. The molecule has 0 radical (unpaired) electrons. The molecule has 1 aliphatic heterocycles. The number of carbonyl (C=O) groups excluding carboxylic acids is 1. The average molecular weight is 451 g/mol. The third kappa shape index (κ3) is 2.96. The first kappa shape index (κ1) is 18.4. The predicted octanol–water partition coefficient (Wildman–Crippen LogP) is 5.72. The molecular weight excluding hydrogens is 432 g/mol. The summed E-state index contributed by atoms with van der Waals surface area (Å²) in [4.78, 5) is 26.2. The summed E-state index contributed by atoms with van der Waals surface area (Å²) >= 11 is 3.46. The fraction of sp³-hybridized carbons (Fsp3) is 0.250. The van der Waals surface area contributed by atoms with Crippen LogP contribution in [0.1, 0.15) is 43.7 Å². The van der Waals surface area contributed by atoms with Gasteiger partial charge >= 0.3 is 5.63 Å². The van der Waals surface area contributed by atoms with E-state index in [4.69, 9.17) is 9.15 Å². The summed E-state index contributed by atoms with van der Waals surface area (Å²) in [5.74, 6) is 0.713. The minimum Gasteiger partial charge on any atom is -0.460 e. The normalized spacial score (nSPS) is 20.2. The minimum absolute atomic E-state index is 0.0300. The maximum atomic E-state index is 13.2. The van der Waals surface area contributed by atoms with Gasteiger partial charge in [-0.1, -0.05) is 54.0 Å². The van der Waals surface area contributed by atoms with E-state index in [2.05, 4.69) is 29.8 Å². The highest BCUT2D eigenvalue weighted by Crippen LogP contribution is 2.50. The highest BCUT2D eigenvalue weighted by atomic mass is 79.9. The monoisotopic (exact) mass is 450 g/mol. The number of allylic oxidation sites excluding steroid dienone is 2. The van der Waals surface area contributed by atoms with E-state index in [0.29, 0.717) is 41.1 Å². The highest BCUT2D eigenvalue weighted by molar-refractivity contribution is 9.10. The first-order valence-electron chi connectivity index (χ1n) is 9.59. The third-order valence-corrected chi connectivity index (χ3v) is 6.21. The number of benzene rings is 2. The number of hydrogen-bond donors (Lipinski definition) is 0. The van der Waals surface area contributed by atoms with Gasteiger partial charge in [-0.25, -0.2) is 4.79 Å². The first-order chi connectivity index (χ1) is 13.8. The van der Waals surface area contributed by atoms with E-state index in [1.54, 1.807) is 6.07 Å². The molecule has 5 rings (SSSR count). The molecule has 1 aromatic heterocycles. The minimum atomic E-state index is -0.494. The molecule has 0 N–H and O–H groups in total. The van der Waals surface area contributed by atoms with Crippen molar-refractivity contribution in [2.24, 2.45) is 5.41 Å². The summed E-state index contributed by atoms with van der Waals surface area (Å²) < 4.78 is 12.8. The molecule has 1 unspecified atom stereocenters. The van der Waals surface area contributed by atoms with E-state index < -0.39 is 11.5 Å². The molecule has 4 nitrogen and oxygen atoms in total.